The molecule has 1 atom stereocenters. The van der Waals surface area contributed by atoms with Crippen molar-refractivity contribution < 1.29 is 17.5 Å². The number of aryl methyl sites for hydroxylation is 2. The van der Waals surface area contributed by atoms with Crippen LogP contribution in [0.2, 0.25) is 0 Å². The molecule has 30 heavy (non-hydrogen) atoms. The maximum absolute atomic E-state index is 13.1. The summed E-state index contributed by atoms with van der Waals surface area (Å²) >= 11 is 4.90. The SMILES string of the molecule is Cc1nc2cc(-c3noc(C(F)(F)Cl)n3)ccn2c1N=S(C)(=O)Cc1ncn(C)n1. The maximum Gasteiger partial charge on any atom is 0.400 e. The van der Waals surface area contributed by atoms with Crippen molar-refractivity contribution in [2.75, 3.05) is 6.26 Å². The Hall–Kier alpha value is -2.93. The summed E-state index contributed by atoms with van der Waals surface area (Å²) < 4.78 is 51.3. The summed E-state index contributed by atoms with van der Waals surface area (Å²) in [4.78, 5) is 12.1. The van der Waals surface area contributed by atoms with Gasteiger partial charge in [-0.15, -0.1) is 0 Å². The van der Waals surface area contributed by atoms with Gasteiger partial charge in [0.2, 0.25) is 5.82 Å². The third-order valence-electron chi connectivity index (χ3n) is 4.02. The van der Waals surface area contributed by atoms with Gasteiger partial charge in [-0.1, -0.05) is 5.16 Å². The Morgan fingerprint density at radius 3 is 2.77 bits per heavy atom. The van der Waals surface area contributed by atoms with Crippen LogP contribution < -0.4 is 0 Å². The molecular weight excluding hydrogens is 442 g/mol. The van der Waals surface area contributed by atoms with Crippen molar-refractivity contribution in [2.45, 2.75) is 18.1 Å². The Bertz CT molecular complexity index is 1360. The molecule has 0 bridgehead atoms. The predicted octanol–water partition coefficient (Wildman–Crippen LogP) is 3.04. The molecule has 0 saturated heterocycles. The number of alkyl halides is 3. The standard InChI is InChI=1S/C16H15ClF2N8O2S/c1-9-14(25-30(3,28)7-11-20-8-26(2)23-11)27-5-4-10(6-12(27)21-9)13-22-15(29-24-13)16(17,18)19/h4-6,8H,7H2,1-3H3. The lowest BCUT2D eigenvalue weighted by Gasteiger charge is -2.03. The fraction of sp³-hybridized carbons (Fsp3) is 0.312. The van der Waals surface area contributed by atoms with Crippen LogP contribution in [0.4, 0.5) is 14.6 Å². The van der Waals surface area contributed by atoms with Gasteiger partial charge >= 0.3 is 11.3 Å². The second-order valence-electron chi connectivity index (χ2n) is 6.61. The second-order valence-corrected chi connectivity index (χ2v) is 9.48. The monoisotopic (exact) mass is 456 g/mol. The summed E-state index contributed by atoms with van der Waals surface area (Å²) in [5, 5.41) is 3.90. The zero-order valence-electron chi connectivity index (χ0n) is 16.0. The van der Waals surface area contributed by atoms with Crippen LogP contribution in [0.1, 0.15) is 17.4 Å². The molecule has 10 nitrogen and oxygen atoms in total. The summed E-state index contributed by atoms with van der Waals surface area (Å²) in [5.41, 5.74) is 1.38. The molecule has 4 rings (SSSR count). The van der Waals surface area contributed by atoms with Crippen LogP contribution in [0.15, 0.2) is 33.5 Å². The van der Waals surface area contributed by atoms with Crippen LogP contribution in [0.25, 0.3) is 17.0 Å². The number of nitrogens with zero attached hydrogens (tertiary/aromatic N) is 8. The number of pyridine rings is 1. The van der Waals surface area contributed by atoms with E-state index in [0.29, 0.717) is 28.5 Å². The van der Waals surface area contributed by atoms with Gasteiger partial charge in [0.25, 0.3) is 0 Å². The first-order valence-electron chi connectivity index (χ1n) is 8.46. The summed E-state index contributed by atoms with van der Waals surface area (Å²) in [7, 11) is -0.975. The first-order chi connectivity index (χ1) is 14.0. The highest BCUT2D eigenvalue weighted by atomic mass is 35.5. The van der Waals surface area contributed by atoms with E-state index in [1.165, 1.54) is 17.3 Å². The summed E-state index contributed by atoms with van der Waals surface area (Å²) in [6.07, 6.45) is 4.64. The Kier molecular flexibility index (Phi) is 4.81. The molecule has 4 heterocycles. The topological polar surface area (TPSA) is 116 Å². The number of rotatable bonds is 5. The molecule has 0 fully saturated rings. The Morgan fingerprint density at radius 1 is 1.37 bits per heavy atom. The normalized spacial score (nSPS) is 14.2. The van der Waals surface area contributed by atoms with Gasteiger partial charge in [0.15, 0.2) is 11.6 Å². The molecule has 0 aliphatic rings. The molecular formula is C16H15ClF2N8O2S. The maximum atomic E-state index is 13.1. The van der Waals surface area contributed by atoms with Crippen LogP contribution in [0, 0.1) is 6.92 Å². The molecule has 1 unspecified atom stereocenters. The van der Waals surface area contributed by atoms with E-state index < -0.39 is 21.0 Å². The summed E-state index contributed by atoms with van der Waals surface area (Å²) in [6.45, 7) is 1.72. The van der Waals surface area contributed by atoms with Crippen LogP contribution >= 0.6 is 11.6 Å². The van der Waals surface area contributed by atoms with Crippen LogP contribution in [-0.4, -0.2) is 44.8 Å². The summed E-state index contributed by atoms with van der Waals surface area (Å²) in [5.74, 6) is -0.153. The fourth-order valence-corrected chi connectivity index (χ4v) is 4.10. The molecule has 4 aromatic rings. The van der Waals surface area contributed by atoms with Crippen molar-refractivity contribution in [1.82, 2.24) is 34.3 Å². The molecule has 0 spiro atoms. The van der Waals surface area contributed by atoms with E-state index in [2.05, 4.69) is 34.1 Å². The van der Waals surface area contributed by atoms with Gasteiger partial charge in [0.1, 0.15) is 12.0 Å². The van der Waals surface area contributed by atoms with Crippen molar-refractivity contribution in [2.24, 2.45) is 11.4 Å². The fourth-order valence-electron chi connectivity index (χ4n) is 2.76. The van der Waals surface area contributed by atoms with E-state index in [1.54, 1.807) is 36.7 Å². The van der Waals surface area contributed by atoms with Gasteiger partial charge in [-0.25, -0.2) is 14.2 Å². The van der Waals surface area contributed by atoms with E-state index in [1.807, 2.05) is 0 Å². The number of hydrogen-bond acceptors (Lipinski definition) is 8. The molecule has 0 saturated carbocycles. The highest BCUT2D eigenvalue weighted by molar-refractivity contribution is 7.92. The van der Waals surface area contributed by atoms with Crippen molar-refractivity contribution in [3.05, 3.63) is 42.1 Å². The number of aromatic nitrogens is 7. The summed E-state index contributed by atoms with van der Waals surface area (Å²) in [6, 6.07) is 3.15. The highest BCUT2D eigenvalue weighted by Crippen LogP contribution is 2.32. The lowest BCUT2D eigenvalue weighted by molar-refractivity contribution is 0.0551. The first-order valence-corrected chi connectivity index (χ1v) is 10.9. The molecule has 0 N–H and O–H groups in total. The first kappa shape index (κ1) is 20.3. The van der Waals surface area contributed by atoms with Gasteiger partial charge in [0, 0.05) is 25.1 Å². The van der Waals surface area contributed by atoms with E-state index in [4.69, 9.17) is 11.6 Å². The minimum absolute atomic E-state index is 0.0625. The van der Waals surface area contributed by atoms with Gasteiger partial charge in [-0.3, -0.25) is 9.08 Å². The van der Waals surface area contributed by atoms with Crippen molar-refractivity contribution >= 4 is 32.8 Å². The van der Waals surface area contributed by atoms with Crippen molar-refractivity contribution in [3.63, 3.8) is 0 Å². The zero-order valence-corrected chi connectivity index (χ0v) is 17.5. The Balaban J connectivity index is 1.72. The molecule has 0 amide bonds. The largest absolute Gasteiger partial charge is 0.400 e. The average molecular weight is 457 g/mol. The highest BCUT2D eigenvalue weighted by Gasteiger charge is 2.35. The lowest BCUT2D eigenvalue weighted by atomic mass is 10.2. The van der Waals surface area contributed by atoms with E-state index >= 15 is 0 Å². The molecule has 158 valence electrons. The predicted molar refractivity (Wildman–Crippen MR) is 104 cm³/mol. The van der Waals surface area contributed by atoms with Gasteiger partial charge < -0.3 is 4.52 Å². The van der Waals surface area contributed by atoms with Gasteiger partial charge in [-0.2, -0.15) is 23.2 Å². The van der Waals surface area contributed by atoms with Gasteiger partial charge in [-0.05, 0) is 30.7 Å². The smallest absolute Gasteiger partial charge is 0.331 e. The van der Waals surface area contributed by atoms with E-state index in [-0.39, 0.29) is 11.6 Å². The van der Waals surface area contributed by atoms with Gasteiger partial charge in [0.05, 0.1) is 21.2 Å². The molecule has 0 aromatic carbocycles. The number of hydrogen-bond donors (Lipinski definition) is 0. The number of halogens is 3. The minimum atomic E-state index is -3.75. The van der Waals surface area contributed by atoms with Crippen LogP contribution in [0.3, 0.4) is 0 Å². The zero-order chi connectivity index (χ0) is 21.7. The van der Waals surface area contributed by atoms with E-state index in [9.17, 15) is 13.0 Å². The third-order valence-corrected chi connectivity index (χ3v) is 5.53. The third kappa shape index (κ3) is 4.03. The Morgan fingerprint density at radius 2 is 2.13 bits per heavy atom. The number of fused-ring (bicyclic) bond motifs is 1. The molecule has 0 aliphatic heterocycles. The molecule has 0 aliphatic carbocycles. The molecule has 14 heteroatoms. The van der Waals surface area contributed by atoms with Crippen molar-refractivity contribution in [1.29, 1.82) is 0 Å². The second kappa shape index (κ2) is 7.09. The average Bonchev–Trinajstić information content (AvgIpc) is 3.34. The van der Waals surface area contributed by atoms with E-state index in [0.717, 1.165) is 0 Å². The van der Waals surface area contributed by atoms with Crippen LogP contribution in [-0.2, 0) is 27.9 Å². The molecule has 0 radical (unpaired) electrons. The Labute approximate surface area is 174 Å². The number of imidazole rings is 1. The minimum Gasteiger partial charge on any atom is -0.331 e. The molecule has 4 aromatic heterocycles. The van der Waals surface area contributed by atoms with Crippen LogP contribution in [0.5, 0.6) is 0 Å². The quantitative estimate of drug-likeness (QED) is 0.423. The lowest BCUT2D eigenvalue weighted by Crippen LogP contribution is -2.04. The van der Waals surface area contributed by atoms with Crippen molar-refractivity contribution in [3.8, 4) is 11.4 Å².